The van der Waals surface area contributed by atoms with E-state index in [1.165, 1.54) is 11.2 Å². The molecule has 0 saturated carbocycles. The minimum atomic E-state index is -1.03. The third-order valence-corrected chi connectivity index (χ3v) is 4.13. The zero-order valence-electron chi connectivity index (χ0n) is 11.5. The van der Waals surface area contributed by atoms with Crippen molar-refractivity contribution >= 4 is 17.5 Å². The minimum absolute atomic E-state index is 0.238. The number of halogens is 3. The third kappa shape index (κ3) is 2.56. The summed E-state index contributed by atoms with van der Waals surface area (Å²) in [5.74, 6) is -1.89. The molecule has 0 aliphatic carbocycles. The minimum Gasteiger partial charge on any atom is -0.328 e. The maximum absolute atomic E-state index is 14.1. The van der Waals surface area contributed by atoms with Crippen LogP contribution in [0, 0.1) is 11.6 Å². The summed E-state index contributed by atoms with van der Waals surface area (Å²) in [5.41, 5.74) is -0.238. The van der Waals surface area contributed by atoms with Gasteiger partial charge in [-0.2, -0.15) is 5.10 Å². The SMILES string of the molecule is O=C(c1ccc(F)c(Cl)c1F)N1CCCCC1c1ncn[nH]1. The predicted molar refractivity (Wildman–Crippen MR) is 75.4 cm³/mol. The van der Waals surface area contributed by atoms with Crippen molar-refractivity contribution in [1.82, 2.24) is 20.1 Å². The average Bonchev–Trinajstić information content (AvgIpc) is 3.06. The first-order valence-corrected chi connectivity index (χ1v) is 7.27. The zero-order chi connectivity index (χ0) is 15.7. The van der Waals surface area contributed by atoms with Gasteiger partial charge < -0.3 is 4.90 Å². The second kappa shape index (κ2) is 6.00. The van der Waals surface area contributed by atoms with Crippen LogP contribution in [0.15, 0.2) is 18.5 Å². The molecule has 1 N–H and O–H groups in total. The normalized spacial score (nSPS) is 18.5. The number of hydrogen-bond donors (Lipinski definition) is 1. The first-order chi connectivity index (χ1) is 10.6. The van der Waals surface area contributed by atoms with Gasteiger partial charge in [-0.25, -0.2) is 13.8 Å². The highest BCUT2D eigenvalue weighted by Gasteiger charge is 2.32. The number of benzene rings is 1. The summed E-state index contributed by atoms with van der Waals surface area (Å²) in [6, 6.07) is 1.81. The van der Waals surface area contributed by atoms with Crippen molar-refractivity contribution in [2.24, 2.45) is 0 Å². The van der Waals surface area contributed by atoms with Gasteiger partial charge in [0.2, 0.25) is 0 Å². The van der Waals surface area contributed by atoms with Gasteiger partial charge in [0.15, 0.2) is 5.82 Å². The van der Waals surface area contributed by atoms with E-state index in [9.17, 15) is 13.6 Å². The van der Waals surface area contributed by atoms with E-state index in [2.05, 4.69) is 15.2 Å². The van der Waals surface area contributed by atoms with Crippen LogP contribution in [0.5, 0.6) is 0 Å². The molecular formula is C14H13ClF2N4O. The van der Waals surface area contributed by atoms with Crippen molar-refractivity contribution in [3.63, 3.8) is 0 Å². The zero-order valence-corrected chi connectivity index (χ0v) is 12.3. The molecule has 1 fully saturated rings. The number of piperidine rings is 1. The largest absolute Gasteiger partial charge is 0.328 e. The molecule has 0 radical (unpaired) electrons. The molecule has 3 rings (SSSR count). The number of H-pyrrole nitrogens is 1. The average molecular weight is 327 g/mol. The number of amides is 1. The summed E-state index contributed by atoms with van der Waals surface area (Å²) in [5, 5.41) is 5.86. The Labute approximate surface area is 130 Å². The lowest BCUT2D eigenvalue weighted by Crippen LogP contribution is -2.39. The second-order valence-corrected chi connectivity index (χ2v) is 5.48. The van der Waals surface area contributed by atoms with Crippen LogP contribution in [-0.4, -0.2) is 32.5 Å². The van der Waals surface area contributed by atoms with Crippen LogP contribution < -0.4 is 0 Å². The van der Waals surface area contributed by atoms with Gasteiger partial charge in [-0.15, -0.1) is 0 Å². The number of carbonyl (C=O) groups is 1. The molecule has 22 heavy (non-hydrogen) atoms. The van der Waals surface area contributed by atoms with E-state index >= 15 is 0 Å². The fourth-order valence-electron chi connectivity index (χ4n) is 2.68. The first kappa shape index (κ1) is 14.9. The summed E-state index contributed by atoms with van der Waals surface area (Å²) >= 11 is 5.55. The Balaban J connectivity index is 1.94. The van der Waals surface area contributed by atoms with Gasteiger partial charge in [0.05, 0.1) is 11.6 Å². The van der Waals surface area contributed by atoms with Gasteiger partial charge in [0.25, 0.3) is 5.91 Å². The van der Waals surface area contributed by atoms with Gasteiger partial charge in [0, 0.05) is 6.54 Å². The lowest BCUT2D eigenvalue weighted by Gasteiger charge is -2.34. The van der Waals surface area contributed by atoms with E-state index in [1.807, 2.05) is 0 Å². The van der Waals surface area contributed by atoms with Crippen molar-refractivity contribution in [2.45, 2.75) is 25.3 Å². The molecule has 1 unspecified atom stereocenters. The Kier molecular flexibility index (Phi) is 4.06. The van der Waals surface area contributed by atoms with Crippen LogP contribution in [0.3, 0.4) is 0 Å². The monoisotopic (exact) mass is 326 g/mol. The molecule has 1 saturated heterocycles. The van der Waals surface area contributed by atoms with E-state index < -0.39 is 22.6 Å². The van der Waals surface area contributed by atoms with Crippen molar-refractivity contribution in [2.75, 3.05) is 6.54 Å². The van der Waals surface area contributed by atoms with E-state index in [0.717, 1.165) is 25.0 Å². The van der Waals surface area contributed by atoms with Crippen molar-refractivity contribution < 1.29 is 13.6 Å². The predicted octanol–water partition coefficient (Wildman–Crippen LogP) is 3.10. The Bertz CT molecular complexity index is 692. The molecule has 0 spiro atoms. The van der Waals surface area contributed by atoms with Crippen LogP contribution in [0.2, 0.25) is 5.02 Å². The molecular weight excluding hydrogens is 314 g/mol. The van der Waals surface area contributed by atoms with Crippen LogP contribution in [0.25, 0.3) is 0 Å². The Hall–Kier alpha value is -2.02. The van der Waals surface area contributed by atoms with E-state index in [1.54, 1.807) is 0 Å². The highest BCUT2D eigenvalue weighted by atomic mass is 35.5. The second-order valence-electron chi connectivity index (χ2n) is 5.10. The van der Waals surface area contributed by atoms with Gasteiger partial charge in [0.1, 0.15) is 23.0 Å². The lowest BCUT2D eigenvalue weighted by molar-refractivity contribution is 0.0595. The quantitative estimate of drug-likeness (QED) is 0.863. The summed E-state index contributed by atoms with van der Waals surface area (Å²) in [4.78, 5) is 18.2. The lowest BCUT2D eigenvalue weighted by atomic mass is 10.00. The molecule has 1 aliphatic rings. The van der Waals surface area contributed by atoms with Gasteiger partial charge in [-0.1, -0.05) is 11.6 Å². The number of rotatable bonds is 2. The Morgan fingerprint density at radius 2 is 2.18 bits per heavy atom. The molecule has 1 aromatic carbocycles. The fourth-order valence-corrected chi connectivity index (χ4v) is 2.84. The molecule has 8 heteroatoms. The van der Waals surface area contributed by atoms with Crippen LogP contribution in [-0.2, 0) is 0 Å². The number of carbonyl (C=O) groups excluding carboxylic acids is 1. The molecule has 1 amide bonds. The molecule has 2 heterocycles. The van der Waals surface area contributed by atoms with Gasteiger partial charge in [-0.3, -0.25) is 9.89 Å². The third-order valence-electron chi connectivity index (χ3n) is 3.78. The number of hydrogen-bond acceptors (Lipinski definition) is 3. The van der Waals surface area contributed by atoms with Gasteiger partial charge in [-0.05, 0) is 31.4 Å². The van der Waals surface area contributed by atoms with Gasteiger partial charge >= 0.3 is 0 Å². The van der Waals surface area contributed by atoms with Crippen LogP contribution in [0.4, 0.5) is 8.78 Å². The number of likely N-dealkylation sites (tertiary alicyclic amines) is 1. The summed E-state index contributed by atoms with van der Waals surface area (Å²) in [7, 11) is 0. The summed E-state index contributed by atoms with van der Waals surface area (Å²) < 4.78 is 27.3. The summed E-state index contributed by atoms with van der Waals surface area (Å²) in [6.07, 6.45) is 3.81. The smallest absolute Gasteiger partial charge is 0.257 e. The molecule has 5 nitrogen and oxygen atoms in total. The molecule has 1 aromatic heterocycles. The number of aromatic nitrogens is 3. The molecule has 1 aliphatic heterocycles. The van der Waals surface area contributed by atoms with Crippen molar-refractivity contribution in [3.05, 3.63) is 46.5 Å². The number of nitrogens with one attached hydrogen (secondary N) is 1. The Morgan fingerprint density at radius 3 is 2.91 bits per heavy atom. The highest BCUT2D eigenvalue weighted by Crippen LogP contribution is 2.31. The standard InChI is InChI=1S/C14H13ClF2N4O/c15-11-9(16)5-4-8(12(11)17)14(22)21-6-2-1-3-10(21)13-18-7-19-20-13/h4-5,7,10H,1-3,6H2,(H,18,19,20). The summed E-state index contributed by atoms with van der Waals surface area (Å²) in [6.45, 7) is 0.471. The van der Waals surface area contributed by atoms with E-state index in [-0.39, 0.29) is 11.6 Å². The fraction of sp³-hybridized carbons (Fsp3) is 0.357. The maximum atomic E-state index is 14.1. The van der Waals surface area contributed by atoms with E-state index in [0.29, 0.717) is 18.8 Å². The molecule has 2 aromatic rings. The molecule has 0 bridgehead atoms. The van der Waals surface area contributed by atoms with Crippen LogP contribution in [0.1, 0.15) is 41.5 Å². The Morgan fingerprint density at radius 1 is 1.36 bits per heavy atom. The van der Waals surface area contributed by atoms with E-state index in [4.69, 9.17) is 11.6 Å². The first-order valence-electron chi connectivity index (χ1n) is 6.89. The number of nitrogens with zero attached hydrogens (tertiary/aromatic N) is 3. The molecule has 1 atom stereocenters. The highest BCUT2D eigenvalue weighted by molar-refractivity contribution is 6.31. The van der Waals surface area contributed by atoms with Crippen LogP contribution >= 0.6 is 11.6 Å². The number of aromatic amines is 1. The van der Waals surface area contributed by atoms with Crippen molar-refractivity contribution in [3.8, 4) is 0 Å². The maximum Gasteiger partial charge on any atom is 0.257 e. The van der Waals surface area contributed by atoms with Crippen molar-refractivity contribution in [1.29, 1.82) is 0 Å². The topological polar surface area (TPSA) is 61.9 Å². The molecule has 116 valence electrons.